The molecule has 0 aliphatic rings. The lowest BCUT2D eigenvalue weighted by atomic mass is 9.86. The molecule has 3 rings (SSSR count). The fourth-order valence-electron chi connectivity index (χ4n) is 3.18. The normalized spacial score (nSPS) is 11.0. The van der Waals surface area contributed by atoms with Crippen LogP contribution in [0.3, 0.4) is 0 Å². The molecule has 0 radical (unpaired) electrons. The van der Waals surface area contributed by atoms with Gasteiger partial charge in [0.1, 0.15) is 5.75 Å². The third-order valence-corrected chi connectivity index (χ3v) is 5.31. The first-order chi connectivity index (χ1) is 15.1. The number of rotatable bonds is 6. The molecular weight excluding hydrogens is 468 g/mol. The molecule has 6 heteroatoms. The van der Waals surface area contributed by atoms with Crippen LogP contribution in [0.2, 0.25) is 0 Å². The first-order valence-corrected chi connectivity index (χ1v) is 11.1. The summed E-state index contributed by atoms with van der Waals surface area (Å²) in [5, 5.41) is 5.67. The number of halogens is 1. The van der Waals surface area contributed by atoms with Crippen LogP contribution in [-0.2, 0) is 10.2 Å². The van der Waals surface area contributed by atoms with E-state index in [1.54, 1.807) is 30.3 Å². The van der Waals surface area contributed by atoms with Crippen molar-refractivity contribution < 1.29 is 14.3 Å². The monoisotopic (exact) mass is 494 g/mol. The van der Waals surface area contributed by atoms with E-state index in [0.29, 0.717) is 22.7 Å². The number of carbonyl (C=O) groups excluding carboxylic acids is 2. The van der Waals surface area contributed by atoms with Gasteiger partial charge in [0, 0.05) is 27.0 Å². The van der Waals surface area contributed by atoms with E-state index in [1.165, 1.54) is 0 Å². The zero-order chi connectivity index (χ0) is 23.3. The Hall–Kier alpha value is -3.12. The van der Waals surface area contributed by atoms with Crippen molar-refractivity contribution in [3.05, 3.63) is 87.9 Å². The third kappa shape index (κ3) is 6.44. The SMILES string of the molecule is Cc1cccc(C(=O)Nc2ccc(NC(=O)COc3ccc(Br)cc3C(C)(C)C)cc2)c1. The number of carbonyl (C=O) groups is 2. The molecule has 0 aromatic heterocycles. The van der Waals surface area contributed by atoms with Crippen LogP contribution in [0, 0.1) is 6.92 Å². The fourth-order valence-corrected chi connectivity index (χ4v) is 3.54. The summed E-state index contributed by atoms with van der Waals surface area (Å²) >= 11 is 3.49. The molecule has 166 valence electrons. The van der Waals surface area contributed by atoms with Crippen LogP contribution in [0.5, 0.6) is 5.75 Å². The van der Waals surface area contributed by atoms with Crippen LogP contribution in [0.1, 0.15) is 42.3 Å². The predicted molar refractivity (Wildman–Crippen MR) is 133 cm³/mol. The van der Waals surface area contributed by atoms with Gasteiger partial charge in [-0.25, -0.2) is 0 Å². The minimum Gasteiger partial charge on any atom is -0.483 e. The summed E-state index contributed by atoms with van der Waals surface area (Å²) in [4.78, 5) is 24.7. The number of benzene rings is 3. The number of hydrogen-bond acceptors (Lipinski definition) is 3. The fraction of sp³-hybridized carbons (Fsp3) is 0.231. The van der Waals surface area contributed by atoms with E-state index >= 15 is 0 Å². The standard InChI is InChI=1S/C26H27BrN2O3/c1-17-6-5-7-18(14-17)25(31)29-21-11-9-20(10-12-21)28-24(30)16-32-23-13-8-19(27)15-22(23)26(2,3)4/h5-15H,16H2,1-4H3,(H,28,30)(H,29,31). The lowest BCUT2D eigenvalue weighted by Crippen LogP contribution is -2.22. The van der Waals surface area contributed by atoms with Gasteiger partial charge in [0.15, 0.2) is 6.61 Å². The van der Waals surface area contributed by atoms with Crippen LogP contribution >= 0.6 is 15.9 Å². The highest BCUT2D eigenvalue weighted by Gasteiger charge is 2.20. The molecule has 3 aromatic rings. The van der Waals surface area contributed by atoms with Crippen molar-refractivity contribution in [2.24, 2.45) is 0 Å². The van der Waals surface area contributed by atoms with Crippen molar-refractivity contribution in [1.29, 1.82) is 0 Å². The molecule has 5 nitrogen and oxygen atoms in total. The maximum absolute atomic E-state index is 12.4. The van der Waals surface area contributed by atoms with E-state index in [4.69, 9.17) is 4.74 Å². The smallest absolute Gasteiger partial charge is 0.262 e. The van der Waals surface area contributed by atoms with Crippen LogP contribution in [0.15, 0.2) is 71.2 Å². The van der Waals surface area contributed by atoms with Gasteiger partial charge >= 0.3 is 0 Å². The van der Waals surface area contributed by atoms with Crippen LogP contribution in [0.25, 0.3) is 0 Å². The van der Waals surface area contributed by atoms with E-state index in [9.17, 15) is 9.59 Å². The first kappa shape index (κ1) is 23.5. The molecule has 32 heavy (non-hydrogen) atoms. The highest BCUT2D eigenvalue weighted by atomic mass is 79.9. The second kappa shape index (κ2) is 10.0. The van der Waals surface area contributed by atoms with Gasteiger partial charge in [-0.05, 0) is 66.9 Å². The van der Waals surface area contributed by atoms with E-state index in [2.05, 4.69) is 47.3 Å². The zero-order valence-electron chi connectivity index (χ0n) is 18.7. The van der Waals surface area contributed by atoms with Crippen molar-refractivity contribution >= 4 is 39.1 Å². The molecule has 3 aromatic carbocycles. The van der Waals surface area contributed by atoms with Gasteiger partial charge in [-0.1, -0.05) is 54.4 Å². The minimum atomic E-state index is -0.260. The van der Waals surface area contributed by atoms with Gasteiger partial charge in [0.25, 0.3) is 11.8 Å². The van der Waals surface area contributed by atoms with Crippen molar-refractivity contribution in [1.82, 2.24) is 0 Å². The van der Waals surface area contributed by atoms with Gasteiger partial charge in [0.05, 0.1) is 0 Å². The summed E-state index contributed by atoms with van der Waals surface area (Å²) in [6, 6.07) is 20.1. The molecule has 2 amide bonds. The Kier molecular flexibility index (Phi) is 7.36. The molecule has 0 saturated carbocycles. The van der Waals surface area contributed by atoms with Crippen molar-refractivity contribution in [3.8, 4) is 5.75 Å². The Bertz CT molecular complexity index is 1120. The van der Waals surface area contributed by atoms with E-state index < -0.39 is 0 Å². The summed E-state index contributed by atoms with van der Waals surface area (Å²) < 4.78 is 6.76. The Labute approximate surface area is 197 Å². The average molecular weight is 495 g/mol. The maximum Gasteiger partial charge on any atom is 0.262 e. The van der Waals surface area contributed by atoms with E-state index in [-0.39, 0.29) is 23.8 Å². The largest absolute Gasteiger partial charge is 0.483 e. The Balaban J connectivity index is 1.57. The molecule has 0 fully saturated rings. The summed E-state index contributed by atoms with van der Waals surface area (Å²) in [7, 11) is 0. The topological polar surface area (TPSA) is 67.4 Å². The molecule has 0 atom stereocenters. The zero-order valence-corrected chi connectivity index (χ0v) is 20.2. The molecule has 0 bridgehead atoms. The summed E-state index contributed by atoms with van der Waals surface area (Å²) in [6.07, 6.45) is 0. The van der Waals surface area contributed by atoms with Gasteiger partial charge in [-0.2, -0.15) is 0 Å². The molecule has 0 unspecified atom stereocenters. The molecular formula is C26H27BrN2O3. The minimum absolute atomic E-state index is 0.101. The van der Waals surface area contributed by atoms with Crippen molar-refractivity contribution in [2.45, 2.75) is 33.1 Å². The highest BCUT2D eigenvalue weighted by molar-refractivity contribution is 9.10. The summed E-state index contributed by atoms with van der Waals surface area (Å²) in [5.41, 5.74) is 3.80. The molecule has 0 heterocycles. The quantitative estimate of drug-likeness (QED) is 0.420. The summed E-state index contributed by atoms with van der Waals surface area (Å²) in [5.74, 6) is 0.248. The Morgan fingerprint density at radius 2 is 1.56 bits per heavy atom. The second-order valence-electron chi connectivity index (χ2n) is 8.63. The van der Waals surface area contributed by atoms with Gasteiger partial charge < -0.3 is 15.4 Å². The lowest BCUT2D eigenvalue weighted by molar-refractivity contribution is -0.118. The predicted octanol–water partition coefficient (Wildman–Crippen LogP) is 6.32. The number of nitrogens with one attached hydrogen (secondary N) is 2. The first-order valence-electron chi connectivity index (χ1n) is 10.3. The number of hydrogen-bond donors (Lipinski definition) is 2. The Morgan fingerprint density at radius 3 is 2.19 bits per heavy atom. The van der Waals surface area contributed by atoms with Crippen molar-refractivity contribution in [3.63, 3.8) is 0 Å². The number of aryl methyl sites for hydroxylation is 1. The molecule has 0 saturated heterocycles. The van der Waals surface area contributed by atoms with Crippen molar-refractivity contribution in [2.75, 3.05) is 17.2 Å². The average Bonchev–Trinajstić information content (AvgIpc) is 2.73. The highest BCUT2D eigenvalue weighted by Crippen LogP contribution is 2.33. The molecule has 2 N–H and O–H groups in total. The second-order valence-corrected chi connectivity index (χ2v) is 9.54. The van der Waals surface area contributed by atoms with E-state index in [0.717, 1.165) is 15.6 Å². The molecule has 0 aliphatic carbocycles. The number of ether oxygens (including phenoxy) is 1. The maximum atomic E-state index is 12.4. The third-order valence-electron chi connectivity index (χ3n) is 4.82. The van der Waals surface area contributed by atoms with Gasteiger partial charge in [-0.3, -0.25) is 9.59 Å². The van der Waals surface area contributed by atoms with Crippen LogP contribution in [-0.4, -0.2) is 18.4 Å². The molecule has 0 aliphatic heterocycles. The van der Waals surface area contributed by atoms with Crippen LogP contribution in [0.4, 0.5) is 11.4 Å². The van der Waals surface area contributed by atoms with Gasteiger partial charge in [0.2, 0.25) is 0 Å². The molecule has 0 spiro atoms. The van der Waals surface area contributed by atoms with Crippen LogP contribution < -0.4 is 15.4 Å². The number of anilines is 2. The Morgan fingerprint density at radius 1 is 0.906 bits per heavy atom. The van der Waals surface area contributed by atoms with E-state index in [1.807, 2.05) is 43.3 Å². The van der Waals surface area contributed by atoms with Gasteiger partial charge in [-0.15, -0.1) is 0 Å². The lowest BCUT2D eigenvalue weighted by Gasteiger charge is -2.23. The summed E-state index contributed by atoms with van der Waals surface area (Å²) in [6.45, 7) is 8.14. The number of amides is 2.